The first-order valence-electron chi connectivity index (χ1n) is 12.3. The molecule has 4 heteroatoms. The van der Waals surface area contributed by atoms with Gasteiger partial charge in [0, 0.05) is 37.3 Å². The van der Waals surface area contributed by atoms with E-state index in [1.807, 2.05) is 6.07 Å². The van der Waals surface area contributed by atoms with Gasteiger partial charge in [-0.1, -0.05) is 29.3 Å². The SMILES string of the molecule is CC(=O)CCCC1C(=O)N(C2CCN(C3CCC(=C(C)C)CC3)CC2)c2ccccc21. The maximum Gasteiger partial charge on any atom is 0.234 e. The number of Topliss-reactive ketones (excluding diaryl/α,β-unsaturated/α-hetero) is 1. The Labute approximate surface area is 187 Å². The second-order valence-corrected chi connectivity index (χ2v) is 10.0. The molecule has 1 aromatic carbocycles. The highest BCUT2D eigenvalue weighted by atomic mass is 16.2. The molecule has 31 heavy (non-hydrogen) atoms. The van der Waals surface area contributed by atoms with Gasteiger partial charge in [0.25, 0.3) is 0 Å². The quantitative estimate of drug-likeness (QED) is 0.559. The summed E-state index contributed by atoms with van der Waals surface area (Å²) in [6.45, 7) is 8.33. The Bertz CT molecular complexity index is 837. The molecule has 0 radical (unpaired) electrons. The van der Waals surface area contributed by atoms with Crippen LogP contribution in [0.4, 0.5) is 5.69 Å². The Morgan fingerprint density at radius 2 is 1.65 bits per heavy atom. The van der Waals surface area contributed by atoms with Crippen molar-refractivity contribution in [2.24, 2.45) is 0 Å². The molecule has 1 saturated carbocycles. The second kappa shape index (κ2) is 9.68. The summed E-state index contributed by atoms with van der Waals surface area (Å²) in [6.07, 6.45) is 9.35. The number of carbonyl (C=O) groups is 2. The van der Waals surface area contributed by atoms with Crippen LogP contribution in [0.1, 0.15) is 90.0 Å². The van der Waals surface area contributed by atoms with E-state index >= 15 is 0 Å². The smallest absolute Gasteiger partial charge is 0.234 e. The normalized spacial score (nSPS) is 25.1. The molecule has 1 atom stereocenters. The molecule has 1 amide bonds. The molecule has 0 aromatic heterocycles. The Hall–Kier alpha value is -1.94. The van der Waals surface area contributed by atoms with E-state index in [0.29, 0.717) is 18.5 Å². The molecule has 1 aromatic rings. The van der Waals surface area contributed by atoms with Crippen LogP contribution < -0.4 is 4.90 Å². The summed E-state index contributed by atoms with van der Waals surface area (Å²) < 4.78 is 0. The first kappa shape index (κ1) is 22.3. The maximum absolute atomic E-state index is 13.4. The van der Waals surface area contributed by atoms with Crippen molar-refractivity contribution in [3.05, 3.63) is 41.0 Å². The lowest BCUT2D eigenvalue weighted by Crippen LogP contribution is -2.49. The minimum atomic E-state index is -0.0746. The number of piperidine rings is 1. The predicted molar refractivity (Wildman–Crippen MR) is 126 cm³/mol. The van der Waals surface area contributed by atoms with Gasteiger partial charge in [-0.15, -0.1) is 0 Å². The zero-order valence-electron chi connectivity index (χ0n) is 19.5. The molecule has 0 bridgehead atoms. The number of amides is 1. The van der Waals surface area contributed by atoms with Crippen LogP contribution in [-0.4, -0.2) is 41.8 Å². The van der Waals surface area contributed by atoms with Crippen molar-refractivity contribution < 1.29 is 9.59 Å². The fourth-order valence-corrected chi connectivity index (χ4v) is 5.96. The summed E-state index contributed by atoms with van der Waals surface area (Å²) in [5.41, 5.74) is 5.46. The van der Waals surface area contributed by atoms with Crippen LogP contribution >= 0.6 is 0 Å². The van der Waals surface area contributed by atoms with Crippen molar-refractivity contribution in [1.29, 1.82) is 0 Å². The Morgan fingerprint density at radius 3 is 2.29 bits per heavy atom. The number of ketones is 1. The number of rotatable bonds is 6. The Kier molecular flexibility index (Phi) is 6.95. The van der Waals surface area contributed by atoms with E-state index in [2.05, 4.69) is 41.8 Å². The van der Waals surface area contributed by atoms with E-state index in [1.54, 1.807) is 12.5 Å². The van der Waals surface area contributed by atoms with Crippen molar-refractivity contribution in [2.75, 3.05) is 18.0 Å². The first-order valence-corrected chi connectivity index (χ1v) is 12.3. The van der Waals surface area contributed by atoms with Gasteiger partial charge in [0.1, 0.15) is 5.78 Å². The van der Waals surface area contributed by atoms with Crippen LogP contribution in [0.2, 0.25) is 0 Å². The molecule has 168 valence electrons. The van der Waals surface area contributed by atoms with Crippen LogP contribution in [0.5, 0.6) is 0 Å². The van der Waals surface area contributed by atoms with Gasteiger partial charge in [0.2, 0.25) is 5.91 Å². The minimum Gasteiger partial charge on any atom is -0.308 e. The maximum atomic E-state index is 13.4. The van der Waals surface area contributed by atoms with E-state index in [0.717, 1.165) is 44.5 Å². The Balaban J connectivity index is 1.38. The van der Waals surface area contributed by atoms with E-state index in [9.17, 15) is 9.59 Å². The van der Waals surface area contributed by atoms with Crippen molar-refractivity contribution in [3.63, 3.8) is 0 Å². The molecule has 1 unspecified atom stereocenters. The number of benzene rings is 1. The van der Waals surface area contributed by atoms with Gasteiger partial charge in [0.15, 0.2) is 0 Å². The van der Waals surface area contributed by atoms with Gasteiger partial charge in [-0.3, -0.25) is 4.79 Å². The van der Waals surface area contributed by atoms with E-state index in [-0.39, 0.29) is 17.6 Å². The van der Waals surface area contributed by atoms with Crippen molar-refractivity contribution in [2.45, 2.75) is 96.6 Å². The van der Waals surface area contributed by atoms with E-state index in [4.69, 9.17) is 0 Å². The molecule has 3 aliphatic rings. The fourth-order valence-electron chi connectivity index (χ4n) is 5.96. The second-order valence-electron chi connectivity index (χ2n) is 10.0. The first-order chi connectivity index (χ1) is 15.0. The van der Waals surface area contributed by atoms with Crippen LogP contribution in [0.15, 0.2) is 35.4 Å². The highest BCUT2D eigenvalue weighted by Gasteiger charge is 2.41. The van der Waals surface area contributed by atoms with Crippen LogP contribution in [0, 0.1) is 0 Å². The number of fused-ring (bicyclic) bond motifs is 1. The van der Waals surface area contributed by atoms with Crippen molar-refractivity contribution >= 4 is 17.4 Å². The lowest BCUT2D eigenvalue weighted by molar-refractivity contribution is -0.121. The number of likely N-dealkylation sites (tertiary alicyclic amines) is 1. The van der Waals surface area contributed by atoms with Crippen molar-refractivity contribution in [1.82, 2.24) is 4.90 Å². The zero-order chi connectivity index (χ0) is 22.0. The Morgan fingerprint density at radius 1 is 0.968 bits per heavy atom. The third kappa shape index (κ3) is 4.79. The highest BCUT2D eigenvalue weighted by Crippen LogP contribution is 2.42. The number of allylic oxidation sites excluding steroid dienone is 2. The number of hydrogen-bond donors (Lipinski definition) is 0. The van der Waals surface area contributed by atoms with Crippen LogP contribution in [0.3, 0.4) is 0 Å². The molecule has 1 saturated heterocycles. The molecule has 0 N–H and O–H groups in total. The van der Waals surface area contributed by atoms with Gasteiger partial charge in [-0.05, 0) is 83.8 Å². The number of hydrogen-bond acceptors (Lipinski definition) is 3. The average molecular weight is 423 g/mol. The van der Waals surface area contributed by atoms with Gasteiger partial charge < -0.3 is 14.6 Å². The van der Waals surface area contributed by atoms with Crippen LogP contribution in [0.25, 0.3) is 0 Å². The standard InChI is InChI=1S/C27H38N2O2/c1-19(2)21-11-13-22(14-12-21)28-17-15-23(16-18-28)29-26-10-5-4-8-24(26)25(27(29)31)9-6-7-20(3)30/h4-5,8,10,22-23,25H,6-7,9,11-18H2,1-3H3. The molecule has 2 heterocycles. The van der Waals surface area contributed by atoms with Crippen LogP contribution in [-0.2, 0) is 9.59 Å². The summed E-state index contributed by atoms with van der Waals surface area (Å²) >= 11 is 0. The monoisotopic (exact) mass is 422 g/mol. The fraction of sp³-hybridized carbons (Fsp3) is 0.630. The van der Waals surface area contributed by atoms with E-state index < -0.39 is 0 Å². The zero-order valence-corrected chi connectivity index (χ0v) is 19.5. The number of nitrogens with zero attached hydrogens (tertiary/aromatic N) is 2. The summed E-state index contributed by atoms with van der Waals surface area (Å²) in [5.74, 6) is 0.394. The highest BCUT2D eigenvalue weighted by molar-refractivity contribution is 6.05. The summed E-state index contributed by atoms with van der Waals surface area (Å²) in [6, 6.07) is 9.34. The summed E-state index contributed by atoms with van der Waals surface area (Å²) in [7, 11) is 0. The number of anilines is 1. The number of para-hydroxylation sites is 1. The topological polar surface area (TPSA) is 40.6 Å². The van der Waals surface area contributed by atoms with E-state index in [1.165, 1.54) is 36.8 Å². The molecule has 4 nitrogen and oxygen atoms in total. The summed E-state index contributed by atoms with van der Waals surface area (Å²) in [4.78, 5) is 29.6. The largest absolute Gasteiger partial charge is 0.308 e. The molecular weight excluding hydrogens is 384 g/mol. The lowest BCUT2D eigenvalue weighted by Gasteiger charge is -2.42. The lowest BCUT2D eigenvalue weighted by atomic mass is 9.86. The average Bonchev–Trinajstić information content (AvgIpc) is 3.05. The van der Waals surface area contributed by atoms with Gasteiger partial charge in [0.05, 0.1) is 5.92 Å². The molecule has 2 aliphatic heterocycles. The van der Waals surface area contributed by atoms with Crippen molar-refractivity contribution in [3.8, 4) is 0 Å². The number of carbonyl (C=O) groups excluding carboxylic acids is 2. The molecule has 4 rings (SSSR count). The summed E-state index contributed by atoms with van der Waals surface area (Å²) in [5, 5.41) is 0. The molecule has 0 spiro atoms. The molecule has 1 aliphatic carbocycles. The third-order valence-corrected chi connectivity index (χ3v) is 7.78. The predicted octanol–water partition coefficient (Wildman–Crippen LogP) is 5.62. The van der Waals surface area contributed by atoms with Gasteiger partial charge in [-0.2, -0.15) is 0 Å². The molecule has 2 fully saturated rings. The third-order valence-electron chi connectivity index (χ3n) is 7.78. The molecular formula is C27H38N2O2. The minimum absolute atomic E-state index is 0.0746. The van der Waals surface area contributed by atoms with Gasteiger partial charge >= 0.3 is 0 Å². The van der Waals surface area contributed by atoms with Gasteiger partial charge in [-0.25, -0.2) is 0 Å².